The second-order valence-corrected chi connectivity index (χ2v) is 5.28. The molecule has 0 spiro atoms. The molecular weight excluding hydrogens is 256 g/mol. The molecule has 4 nitrogen and oxygen atoms in total. The van der Waals surface area contributed by atoms with Crippen LogP contribution in [0.3, 0.4) is 0 Å². The Balaban J connectivity index is 2.00. The van der Waals surface area contributed by atoms with Crippen molar-refractivity contribution < 1.29 is 18.9 Å². The average Bonchev–Trinajstić information content (AvgIpc) is 2.46. The van der Waals surface area contributed by atoms with Crippen LogP contribution in [0.1, 0.15) is 51.4 Å². The third kappa shape index (κ3) is 12.9. The summed E-state index contributed by atoms with van der Waals surface area (Å²) in [7, 11) is 0. The van der Waals surface area contributed by atoms with Crippen molar-refractivity contribution in [3.8, 4) is 0 Å². The van der Waals surface area contributed by atoms with Gasteiger partial charge in [0.1, 0.15) is 0 Å². The minimum atomic E-state index is 0.824. The molecule has 1 aliphatic heterocycles. The van der Waals surface area contributed by atoms with E-state index in [1.54, 1.807) is 0 Å². The molecule has 1 rings (SSSR count). The molecule has 0 radical (unpaired) electrons. The lowest BCUT2D eigenvalue weighted by atomic mass is 10.2. The first-order valence-corrected chi connectivity index (χ1v) is 8.31. The van der Waals surface area contributed by atoms with E-state index in [1.807, 2.05) is 0 Å². The van der Waals surface area contributed by atoms with Crippen molar-refractivity contribution in [2.24, 2.45) is 0 Å². The monoisotopic (exact) mass is 288 g/mol. The molecule has 1 heterocycles. The van der Waals surface area contributed by atoms with E-state index in [4.69, 9.17) is 18.9 Å². The van der Waals surface area contributed by atoms with E-state index in [1.165, 1.54) is 12.8 Å². The summed E-state index contributed by atoms with van der Waals surface area (Å²) in [6, 6.07) is 0. The Morgan fingerprint density at radius 2 is 0.500 bits per heavy atom. The Kier molecular flexibility index (Phi) is 13.6. The largest absolute Gasteiger partial charge is 0.381 e. The molecule has 0 aromatic rings. The zero-order valence-corrected chi connectivity index (χ0v) is 12.9. The Morgan fingerprint density at radius 1 is 0.250 bits per heavy atom. The van der Waals surface area contributed by atoms with Gasteiger partial charge in [-0.15, -0.1) is 0 Å². The lowest BCUT2D eigenvalue weighted by Crippen LogP contribution is -2.06. The van der Waals surface area contributed by atoms with Gasteiger partial charge in [0.15, 0.2) is 0 Å². The molecule has 1 saturated heterocycles. The van der Waals surface area contributed by atoms with Crippen molar-refractivity contribution in [3.63, 3.8) is 0 Å². The first kappa shape index (κ1) is 17.9. The molecular formula is C16H32O4. The van der Waals surface area contributed by atoms with Gasteiger partial charge in [-0.2, -0.15) is 0 Å². The Bertz CT molecular complexity index is 101. The summed E-state index contributed by atoms with van der Waals surface area (Å²) in [6.07, 6.45) is 8.92. The predicted molar refractivity (Wildman–Crippen MR) is 80.2 cm³/mol. The normalized spacial score (nSPS) is 24.0. The third-order valence-electron chi connectivity index (χ3n) is 3.31. The lowest BCUT2D eigenvalue weighted by molar-refractivity contribution is 0.0668. The Labute approximate surface area is 124 Å². The van der Waals surface area contributed by atoms with E-state index in [9.17, 15) is 0 Å². The molecule has 0 atom stereocenters. The molecule has 20 heavy (non-hydrogen) atoms. The highest BCUT2D eigenvalue weighted by Gasteiger charge is 1.96. The standard InChI is InChI=1S/C16H32O4/c1-3-9-17-13-7-15-19-11-5-2-6-12-20-16-8-14-18-10-4-1/h1-16H2. The smallest absolute Gasteiger partial charge is 0.0487 e. The van der Waals surface area contributed by atoms with E-state index in [2.05, 4.69) is 0 Å². The topological polar surface area (TPSA) is 36.9 Å². The van der Waals surface area contributed by atoms with Crippen LogP contribution in [0.25, 0.3) is 0 Å². The number of hydrogen-bond donors (Lipinski definition) is 0. The molecule has 1 aliphatic rings. The minimum absolute atomic E-state index is 0.824. The van der Waals surface area contributed by atoms with Crippen LogP contribution in [0, 0.1) is 0 Å². The van der Waals surface area contributed by atoms with Gasteiger partial charge in [0.2, 0.25) is 0 Å². The molecule has 0 saturated carbocycles. The molecule has 0 aliphatic carbocycles. The van der Waals surface area contributed by atoms with Gasteiger partial charge in [-0.3, -0.25) is 0 Å². The van der Waals surface area contributed by atoms with Gasteiger partial charge in [0.05, 0.1) is 0 Å². The number of rotatable bonds is 0. The minimum Gasteiger partial charge on any atom is -0.381 e. The summed E-state index contributed by atoms with van der Waals surface area (Å²) in [5, 5.41) is 0. The van der Waals surface area contributed by atoms with Crippen molar-refractivity contribution in [2.45, 2.75) is 51.4 Å². The molecule has 0 unspecified atom stereocenters. The molecule has 120 valence electrons. The highest BCUT2D eigenvalue weighted by atomic mass is 16.5. The van der Waals surface area contributed by atoms with Crippen LogP contribution in [0.5, 0.6) is 0 Å². The molecule has 4 heteroatoms. The van der Waals surface area contributed by atoms with E-state index < -0.39 is 0 Å². The van der Waals surface area contributed by atoms with Crippen molar-refractivity contribution in [1.29, 1.82) is 0 Å². The second kappa shape index (κ2) is 15.2. The van der Waals surface area contributed by atoms with Gasteiger partial charge in [0.25, 0.3) is 0 Å². The SMILES string of the molecule is C1CCOCCCOCCCCCOCCCOCC1. The van der Waals surface area contributed by atoms with E-state index >= 15 is 0 Å². The third-order valence-corrected chi connectivity index (χ3v) is 3.31. The van der Waals surface area contributed by atoms with Crippen molar-refractivity contribution in [1.82, 2.24) is 0 Å². The second-order valence-electron chi connectivity index (χ2n) is 5.28. The summed E-state index contributed by atoms with van der Waals surface area (Å²) >= 11 is 0. The van der Waals surface area contributed by atoms with Gasteiger partial charge in [-0.05, 0) is 51.4 Å². The number of hydrogen-bond acceptors (Lipinski definition) is 4. The van der Waals surface area contributed by atoms with E-state index in [0.29, 0.717) is 0 Å². The van der Waals surface area contributed by atoms with Gasteiger partial charge in [0, 0.05) is 52.9 Å². The average molecular weight is 288 g/mol. The van der Waals surface area contributed by atoms with Gasteiger partial charge >= 0.3 is 0 Å². The maximum Gasteiger partial charge on any atom is 0.0487 e. The Morgan fingerprint density at radius 3 is 0.800 bits per heavy atom. The summed E-state index contributed by atoms with van der Waals surface area (Å²) in [4.78, 5) is 0. The van der Waals surface area contributed by atoms with Crippen LogP contribution >= 0.6 is 0 Å². The molecule has 0 aromatic heterocycles. The highest BCUT2D eigenvalue weighted by Crippen LogP contribution is 2.00. The van der Waals surface area contributed by atoms with E-state index in [0.717, 1.165) is 91.4 Å². The molecule has 0 N–H and O–H groups in total. The van der Waals surface area contributed by atoms with Crippen LogP contribution in [0.15, 0.2) is 0 Å². The predicted octanol–water partition coefficient (Wildman–Crippen LogP) is 3.19. The summed E-state index contributed by atoms with van der Waals surface area (Å²) < 4.78 is 22.3. The fraction of sp³-hybridized carbons (Fsp3) is 1.00. The summed E-state index contributed by atoms with van der Waals surface area (Å²) in [5.41, 5.74) is 0. The van der Waals surface area contributed by atoms with Crippen LogP contribution in [-0.2, 0) is 18.9 Å². The number of ether oxygens (including phenoxy) is 4. The summed E-state index contributed by atoms with van der Waals surface area (Å²) in [5.74, 6) is 0. The van der Waals surface area contributed by atoms with Crippen molar-refractivity contribution in [3.05, 3.63) is 0 Å². The van der Waals surface area contributed by atoms with Crippen LogP contribution in [0.4, 0.5) is 0 Å². The van der Waals surface area contributed by atoms with Gasteiger partial charge < -0.3 is 18.9 Å². The van der Waals surface area contributed by atoms with Crippen molar-refractivity contribution >= 4 is 0 Å². The zero-order chi connectivity index (χ0) is 14.1. The van der Waals surface area contributed by atoms with Crippen LogP contribution < -0.4 is 0 Å². The highest BCUT2D eigenvalue weighted by molar-refractivity contribution is 4.45. The summed E-state index contributed by atoms with van der Waals surface area (Å²) in [6.45, 7) is 6.77. The van der Waals surface area contributed by atoms with Gasteiger partial charge in [-0.1, -0.05) is 0 Å². The van der Waals surface area contributed by atoms with Crippen LogP contribution in [-0.4, -0.2) is 52.9 Å². The first-order chi connectivity index (χ1) is 10.0. The lowest BCUT2D eigenvalue weighted by Gasteiger charge is -2.08. The first-order valence-electron chi connectivity index (χ1n) is 8.31. The quantitative estimate of drug-likeness (QED) is 0.686. The van der Waals surface area contributed by atoms with Crippen LogP contribution in [0.2, 0.25) is 0 Å². The Hall–Kier alpha value is -0.160. The molecule has 0 bridgehead atoms. The van der Waals surface area contributed by atoms with E-state index in [-0.39, 0.29) is 0 Å². The van der Waals surface area contributed by atoms with Gasteiger partial charge in [-0.25, -0.2) is 0 Å². The molecule has 0 aromatic carbocycles. The van der Waals surface area contributed by atoms with Crippen molar-refractivity contribution in [2.75, 3.05) is 52.9 Å². The zero-order valence-electron chi connectivity index (χ0n) is 12.9. The molecule has 0 amide bonds. The maximum absolute atomic E-state index is 5.58. The molecule has 1 fully saturated rings. The maximum atomic E-state index is 5.58. The fourth-order valence-corrected chi connectivity index (χ4v) is 2.10. The fourth-order valence-electron chi connectivity index (χ4n) is 2.10.